The molecule has 1 saturated carbocycles. The van der Waals surface area contributed by atoms with Crippen molar-refractivity contribution in [3.05, 3.63) is 0 Å². The number of nitrogens with two attached hydrogens (primary N) is 1. The molecule has 0 bridgehead atoms. The molecule has 0 aromatic heterocycles. The van der Waals surface area contributed by atoms with Crippen molar-refractivity contribution < 1.29 is 10.2 Å². The lowest BCUT2D eigenvalue weighted by Gasteiger charge is -2.24. The first-order chi connectivity index (χ1) is 4.67. The summed E-state index contributed by atoms with van der Waals surface area (Å²) >= 11 is 0. The number of hydrogen-bond donors (Lipinski definition) is 3. The van der Waals surface area contributed by atoms with E-state index in [0.717, 1.165) is 12.8 Å². The van der Waals surface area contributed by atoms with Gasteiger partial charge >= 0.3 is 0 Å². The summed E-state index contributed by atoms with van der Waals surface area (Å²) in [6.07, 6.45) is 3.25. The lowest BCUT2D eigenvalue weighted by atomic mass is 9.97. The average Bonchev–Trinajstić information content (AvgIpc) is 2.13. The van der Waals surface area contributed by atoms with Crippen LogP contribution in [0.4, 0.5) is 0 Å². The summed E-state index contributed by atoms with van der Waals surface area (Å²) in [6, 6.07) is 0. The molecule has 4 N–H and O–H groups in total. The fourth-order valence-corrected chi connectivity index (χ4v) is 1.64. The molecule has 3 nitrogen and oxygen atoms in total. The van der Waals surface area contributed by atoms with Crippen LogP contribution in [0.25, 0.3) is 0 Å². The standard InChI is InChI=1S/C7H15NO2/c8-7(10)4-1-2-6(7)3-5-9/h6,9-10H,1-5,8H2. The molecule has 0 aliphatic heterocycles. The molecule has 2 unspecified atom stereocenters. The second-order valence-corrected chi connectivity index (χ2v) is 3.09. The van der Waals surface area contributed by atoms with Crippen LogP contribution in [0, 0.1) is 5.92 Å². The summed E-state index contributed by atoms with van der Waals surface area (Å²) in [7, 11) is 0. The Labute approximate surface area is 60.9 Å². The van der Waals surface area contributed by atoms with Crippen molar-refractivity contribution in [2.75, 3.05) is 6.61 Å². The maximum absolute atomic E-state index is 9.45. The smallest absolute Gasteiger partial charge is 0.116 e. The second-order valence-electron chi connectivity index (χ2n) is 3.09. The van der Waals surface area contributed by atoms with Gasteiger partial charge in [0.25, 0.3) is 0 Å². The Morgan fingerprint density at radius 3 is 2.70 bits per heavy atom. The van der Waals surface area contributed by atoms with Crippen LogP contribution in [-0.4, -0.2) is 22.5 Å². The minimum absolute atomic E-state index is 0.109. The summed E-state index contributed by atoms with van der Waals surface area (Å²) in [5, 5.41) is 18.0. The molecule has 1 fully saturated rings. The Balaban J connectivity index is 2.43. The number of hydrogen-bond acceptors (Lipinski definition) is 3. The number of rotatable bonds is 2. The Morgan fingerprint density at radius 2 is 2.30 bits per heavy atom. The fourth-order valence-electron chi connectivity index (χ4n) is 1.64. The fraction of sp³-hybridized carbons (Fsp3) is 1.00. The van der Waals surface area contributed by atoms with Crippen LogP contribution in [0.15, 0.2) is 0 Å². The maximum atomic E-state index is 9.45. The zero-order valence-corrected chi connectivity index (χ0v) is 6.08. The highest BCUT2D eigenvalue weighted by atomic mass is 16.3. The van der Waals surface area contributed by atoms with E-state index in [-0.39, 0.29) is 12.5 Å². The highest BCUT2D eigenvalue weighted by molar-refractivity contribution is 4.86. The molecule has 0 spiro atoms. The highest BCUT2D eigenvalue weighted by Crippen LogP contribution is 2.33. The number of aliphatic hydroxyl groups excluding tert-OH is 1. The van der Waals surface area contributed by atoms with Crippen molar-refractivity contribution in [2.45, 2.75) is 31.4 Å². The van der Waals surface area contributed by atoms with Crippen molar-refractivity contribution in [3.63, 3.8) is 0 Å². The monoisotopic (exact) mass is 145 g/mol. The van der Waals surface area contributed by atoms with Gasteiger partial charge in [0, 0.05) is 12.5 Å². The molecule has 0 aromatic carbocycles. The van der Waals surface area contributed by atoms with E-state index in [1.54, 1.807) is 0 Å². The molecule has 1 aliphatic rings. The van der Waals surface area contributed by atoms with Crippen molar-refractivity contribution in [1.29, 1.82) is 0 Å². The van der Waals surface area contributed by atoms with Crippen LogP contribution < -0.4 is 5.73 Å². The summed E-state index contributed by atoms with van der Waals surface area (Å²) in [5.74, 6) is 0.109. The highest BCUT2D eigenvalue weighted by Gasteiger charge is 2.36. The molecule has 0 aromatic rings. The maximum Gasteiger partial charge on any atom is 0.116 e. The molecule has 1 rings (SSSR count). The van der Waals surface area contributed by atoms with E-state index >= 15 is 0 Å². The zero-order chi connectivity index (χ0) is 7.61. The van der Waals surface area contributed by atoms with E-state index in [2.05, 4.69) is 0 Å². The lowest BCUT2D eigenvalue weighted by molar-refractivity contribution is -0.000225. The lowest BCUT2D eigenvalue weighted by Crippen LogP contribution is -2.43. The van der Waals surface area contributed by atoms with Gasteiger partial charge in [0.1, 0.15) is 5.72 Å². The molecular weight excluding hydrogens is 130 g/mol. The van der Waals surface area contributed by atoms with E-state index in [1.807, 2.05) is 0 Å². The van der Waals surface area contributed by atoms with Gasteiger partial charge in [-0.05, 0) is 25.7 Å². The van der Waals surface area contributed by atoms with Gasteiger partial charge in [0.15, 0.2) is 0 Å². The van der Waals surface area contributed by atoms with Crippen molar-refractivity contribution in [2.24, 2.45) is 11.7 Å². The summed E-state index contributed by atoms with van der Waals surface area (Å²) in [4.78, 5) is 0. The average molecular weight is 145 g/mol. The van der Waals surface area contributed by atoms with Crippen molar-refractivity contribution >= 4 is 0 Å². The quantitative estimate of drug-likeness (QED) is 0.472. The molecule has 10 heavy (non-hydrogen) atoms. The molecule has 0 amide bonds. The van der Waals surface area contributed by atoms with Gasteiger partial charge in [-0.2, -0.15) is 0 Å². The minimum Gasteiger partial charge on any atom is -0.396 e. The van der Waals surface area contributed by atoms with Gasteiger partial charge in [-0.3, -0.25) is 0 Å². The predicted molar refractivity (Wildman–Crippen MR) is 38.2 cm³/mol. The van der Waals surface area contributed by atoms with Gasteiger partial charge in [0.05, 0.1) is 0 Å². The molecular formula is C7H15NO2. The van der Waals surface area contributed by atoms with Gasteiger partial charge in [-0.25, -0.2) is 0 Å². The first-order valence-electron chi connectivity index (χ1n) is 3.79. The van der Waals surface area contributed by atoms with Crippen LogP contribution in [0.3, 0.4) is 0 Å². The Hall–Kier alpha value is -0.120. The number of aliphatic hydroxyl groups is 2. The Kier molecular flexibility index (Phi) is 2.28. The van der Waals surface area contributed by atoms with Crippen LogP contribution in [-0.2, 0) is 0 Å². The Morgan fingerprint density at radius 1 is 1.60 bits per heavy atom. The third-order valence-corrected chi connectivity index (χ3v) is 2.31. The molecule has 2 atom stereocenters. The zero-order valence-electron chi connectivity index (χ0n) is 6.08. The second kappa shape index (κ2) is 2.86. The SMILES string of the molecule is NC1(O)CCCC1CCO. The van der Waals surface area contributed by atoms with E-state index in [0.29, 0.717) is 12.8 Å². The van der Waals surface area contributed by atoms with Crippen molar-refractivity contribution in [1.82, 2.24) is 0 Å². The topological polar surface area (TPSA) is 66.5 Å². The van der Waals surface area contributed by atoms with E-state index in [4.69, 9.17) is 10.8 Å². The summed E-state index contributed by atoms with van der Waals surface area (Å²) in [6.45, 7) is 0.129. The van der Waals surface area contributed by atoms with Gasteiger partial charge < -0.3 is 15.9 Å². The van der Waals surface area contributed by atoms with Gasteiger partial charge in [0.2, 0.25) is 0 Å². The normalized spacial score (nSPS) is 40.5. The molecule has 0 radical (unpaired) electrons. The predicted octanol–water partition coefficient (Wildman–Crippen LogP) is -0.184. The first kappa shape index (κ1) is 7.98. The Bertz CT molecular complexity index is 114. The molecule has 0 saturated heterocycles. The van der Waals surface area contributed by atoms with Crippen LogP contribution in [0.2, 0.25) is 0 Å². The summed E-state index contributed by atoms with van der Waals surface area (Å²) in [5.41, 5.74) is 4.56. The third kappa shape index (κ3) is 1.48. The van der Waals surface area contributed by atoms with E-state index < -0.39 is 5.72 Å². The minimum atomic E-state index is -0.997. The van der Waals surface area contributed by atoms with Gasteiger partial charge in [-0.1, -0.05) is 0 Å². The van der Waals surface area contributed by atoms with Crippen LogP contribution in [0.5, 0.6) is 0 Å². The molecule has 60 valence electrons. The van der Waals surface area contributed by atoms with Gasteiger partial charge in [-0.15, -0.1) is 0 Å². The van der Waals surface area contributed by atoms with Crippen LogP contribution >= 0.6 is 0 Å². The first-order valence-corrected chi connectivity index (χ1v) is 3.79. The van der Waals surface area contributed by atoms with E-state index in [1.165, 1.54) is 0 Å². The molecule has 1 aliphatic carbocycles. The summed E-state index contributed by atoms with van der Waals surface area (Å²) < 4.78 is 0. The third-order valence-electron chi connectivity index (χ3n) is 2.31. The molecule has 3 heteroatoms. The largest absolute Gasteiger partial charge is 0.396 e. The van der Waals surface area contributed by atoms with Crippen LogP contribution in [0.1, 0.15) is 25.7 Å². The molecule has 0 heterocycles. The van der Waals surface area contributed by atoms with E-state index in [9.17, 15) is 5.11 Å². The van der Waals surface area contributed by atoms with Crippen molar-refractivity contribution in [3.8, 4) is 0 Å².